The number of nitrogens with one attached hydrogen (secondary N) is 8. The van der Waals surface area contributed by atoms with E-state index in [1.807, 2.05) is 49.9 Å². The summed E-state index contributed by atoms with van der Waals surface area (Å²) in [6.45, 7) is 21.6. The number of rotatable bonds is 20. The molecule has 4 bridgehead atoms. The molecule has 24 nitrogen and oxygen atoms in total. The number of carboxylic acids is 1. The summed E-state index contributed by atoms with van der Waals surface area (Å²) in [5, 5.41) is 21.4. The maximum atomic E-state index is 14.0. The number of amides is 4. The number of alkyl carbamates (subject to hydrolysis) is 2. The average Bonchev–Trinajstić information content (AvgIpc) is 1.57. The van der Waals surface area contributed by atoms with E-state index in [1.165, 1.54) is 122 Å². The van der Waals surface area contributed by atoms with Gasteiger partial charge in [0.2, 0.25) is 11.8 Å². The Kier molecular flexibility index (Phi) is 23.9. The van der Waals surface area contributed by atoms with Crippen LogP contribution in [-0.4, -0.2) is 149 Å². The lowest BCUT2D eigenvalue weighted by Crippen LogP contribution is -2.52. The molecular formula is C96H116N14O10. The molecule has 4 aliphatic carbocycles. The Hall–Kier alpha value is -11.0. The lowest BCUT2D eigenvalue weighted by molar-refractivity contribution is -0.151. The van der Waals surface area contributed by atoms with E-state index in [2.05, 4.69) is 183 Å². The van der Waals surface area contributed by atoms with Crippen LogP contribution in [0.25, 0.3) is 89.1 Å². The highest BCUT2D eigenvalue weighted by molar-refractivity contribution is 5.91. The Bertz CT molecular complexity index is 5470. The third-order valence-electron chi connectivity index (χ3n) is 27.2. The highest BCUT2D eigenvalue weighted by atomic mass is 16.5. The molecular weight excluding hydrogens is 1510 g/mol. The first-order valence-corrected chi connectivity index (χ1v) is 43.6. The van der Waals surface area contributed by atoms with E-state index in [4.69, 9.17) is 34.5 Å². The topological polar surface area (TPSA) is 320 Å². The van der Waals surface area contributed by atoms with Crippen LogP contribution >= 0.6 is 0 Å². The number of hydrogen-bond donors (Lipinski definition) is 9. The molecule has 4 amide bonds. The summed E-state index contributed by atoms with van der Waals surface area (Å²) < 4.78 is 14.0. The fourth-order valence-electron chi connectivity index (χ4n) is 20.8. The first kappa shape index (κ1) is 82.7. The Morgan fingerprint density at radius 1 is 0.475 bits per heavy atom. The number of carbonyl (C=O) groups is 6. The van der Waals surface area contributed by atoms with Crippen LogP contribution in [0.3, 0.4) is 0 Å². The molecule has 0 spiro atoms. The van der Waals surface area contributed by atoms with Crippen molar-refractivity contribution < 1.29 is 48.1 Å². The van der Waals surface area contributed by atoms with Crippen LogP contribution in [0, 0.1) is 35.5 Å². The quantitative estimate of drug-likeness (QED) is 0.0253. The van der Waals surface area contributed by atoms with Crippen molar-refractivity contribution in [3.05, 3.63) is 167 Å². The molecule has 24 heteroatoms. The van der Waals surface area contributed by atoms with Crippen LogP contribution in [0.4, 0.5) is 9.59 Å². The van der Waals surface area contributed by atoms with Crippen molar-refractivity contribution in [2.75, 3.05) is 34.4 Å². The number of aromatic nitrogens is 8. The minimum atomic E-state index is -0.949. The lowest BCUT2D eigenvalue weighted by Gasteiger charge is -2.32. The van der Waals surface area contributed by atoms with Gasteiger partial charge in [0.15, 0.2) is 0 Å². The van der Waals surface area contributed by atoms with Gasteiger partial charge in [-0.1, -0.05) is 140 Å². The van der Waals surface area contributed by atoms with E-state index >= 15 is 0 Å². The molecule has 4 saturated heterocycles. The van der Waals surface area contributed by atoms with Crippen LogP contribution in [0.5, 0.6) is 0 Å². The molecule has 8 aliphatic rings. The van der Waals surface area contributed by atoms with E-state index in [1.54, 1.807) is 25.0 Å². The van der Waals surface area contributed by atoms with Crippen LogP contribution in [0.1, 0.15) is 246 Å². The molecule has 8 heterocycles. The molecule has 0 radical (unpaired) electrons. The van der Waals surface area contributed by atoms with Gasteiger partial charge in [0.25, 0.3) is 0 Å². The molecule has 6 fully saturated rings. The van der Waals surface area contributed by atoms with Gasteiger partial charge in [-0.15, -0.1) is 0 Å². The maximum Gasteiger partial charge on any atom is 0.407 e. The Balaban J connectivity index is 0.000000166. The predicted octanol–water partition coefficient (Wildman–Crippen LogP) is 18.4. The van der Waals surface area contributed by atoms with Crippen LogP contribution in [0.15, 0.2) is 122 Å². The zero-order chi connectivity index (χ0) is 84.2. The zero-order valence-corrected chi connectivity index (χ0v) is 71.4. The highest BCUT2D eigenvalue weighted by Gasteiger charge is 2.46. The number of aromatic amines is 4. The summed E-state index contributed by atoms with van der Waals surface area (Å²) in [6, 6.07) is 39.9. The van der Waals surface area contributed by atoms with Crippen molar-refractivity contribution in [3.63, 3.8) is 0 Å². The molecule has 9 N–H and O–H groups in total. The minimum Gasteiger partial charge on any atom is -0.481 e. The molecule has 15 atom stereocenters. The van der Waals surface area contributed by atoms with E-state index < -0.39 is 42.1 Å². The fourth-order valence-corrected chi connectivity index (χ4v) is 20.8. The van der Waals surface area contributed by atoms with E-state index in [9.17, 15) is 28.8 Å². The van der Waals surface area contributed by atoms with Crippen LogP contribution in [0.2, 0.25) is 0 Å². The van der Waals surface area contributed by atoms with Crippen molar-refractivity contribution in [3.8, 4) is 67.0 Å². The Labute approximate surface area is 702 Å². The van der Waals surface area contributed by atoms with Crippen molar-refractivity contribution in [2.45, 2.75) is 225 Å². The largest absolute Gasteiger partial charge is 0.481 e. The van der Waals surface area contributed by atoms with Crippen LogP contribution < -0.4 is 21.3 Å². The van der Waals surface area contributed by atoms with Gasteiger partial charge in [-0.2, -0.15) is 0 Å². The molecule has 6 aromatic carbocycles. The highest BCUT2D eigenvalue weighted by Crippen LogP contribution is 2.60. The number of carbonyl (C=O) groups excluding carboxylic acids is 5. The number of benzene rings is 6. The summed E-state index contributed by atoms with van der Waals surface area (Å²) in [5.41, 5.74) is 24.7. The number of ether oxygens (including phenoxy) is 3. The van der Waals surface area contributed by atoms with Gasteiger partial charge in [-0.3, -0.25) is 19.2 Å². The summed E-state index contributed by atoms with van der Waals surface area (Å²) >= 11 is 0. The first-order chi connectivity index (χ1) is 57.8. The zero-order valence-electron chi connectivity index (χ0n) is 71.4. The first-order valence-electron chi connectivity index (χ1n) is 43.6. The second-order valence-corrected chi connectivity index (χ2v) is 36.3. The van der Waals surface area contributed by atoms with Gasteiger partial charge >= 0.3 is 24.1 Å². The molecule has 2 saturated carbocycles. The number of hydrogen-bond acceptors (Lipinski definition) is 15. The second-order valence-electron chi connectivity index (χ2n) is 36.3. The van der Waals surface area contributed by atoms with Crippen molar-refractivity contribution in [2.24, 2.45) is 35.5 Å². The number of aliphatic carboxylic acids is 1. The summed E-state index contributed by atoms with van der Waals surface area (Å²) in [7, 11) is 3.86. The van der Waals surface area contributed by atoms with Gasteiger partial charge in [-0.25, -0.2) is 29.5 Å². The van der Waals surface area contributed by atoms with Gasteiger partial charge in [0.05, 0.1) is 104 Å². The average molecular weight is 1630 g/mol. The number of methoxy groups -OCH3 is 3. The number of H-pyrrole nitrogens is 4. The molecule has 4 aromatic heterocycles. The van der Waals surface area contributed by atoms with E-state index in [-0.39, 0.29) is 60.0 Å². The number of carboxylic acid groups (broad SMARTS) is 1. The van der Waals surface area contributed by atoms with E-state index in [0.717, 1.165) is 107 Å². The Morgan fingerprint density at radius 2 is 0.950 bits per heavy atom. The lowest BCUT2D eigenvalue weighted by atomic mass is 9.81. The Morgan fingerprint density at radius 3 is 1.42 bits per heavy atom. The summed E-state index contributed by atoms with van der Waals surface area (Å²) in [5.74, 6) is 4.40. The fraction of sp³-hybridized carbons (Fsp3) is 0.479. The number of fused-ring (bicyclic) bond motifs is 12. The third-order valence-corrected chi connectivity index (χ3v) is 27.2. The standard InChI is InChI=1S/C51H62N8O6.C37H40N6.C8H14O4/c1-26(2)44(56-50(62)64-7)48(60)58-25-28(5)21-41(58)46-52-24-39(55-46)31-12-10-30(11-13-31)35-17-18-36(43-34-15-14-33(22-34)42(35)43)32-16-19-37-38(23-32)54-47(53-37)40-20-9-29(6)59(40)49(61)45(27(3)4)57-51(63)65-8;1-20-15-32(38-18-20)36-39-19-33(43-36)23-6-4-22(5-7-23)27-11-12-28(35-26-9-8-25(16-26)34(27)35)24-10-14-29-31(17-24)42-37(41-29)30-13-3-21(2)40-30;1-5(2)6(8(10)11)4-7(9)12-3/h10-13,16-19,23-24,26-29,33-34,40-41,44-45H,9,14-15,20-22,25H2,1-8H3,(H,52,55)(H,53,54)(H,56,62)(H,57,63);4-7,10-12,14,17,19-21,25-26,30,32,38,40H,3,8-9,13,15-16,18H2,1-2H3,(H,39,43)(H,41,42);5-6H,4H2,1-3H3,(H,10,11)/t28-,29-,33?,34?,40-,41-,44-,45-;20-,21-,25?,26?,30-,32-;6-/m000/s1. The second kappa shape index (κ2) is 34.6. The van der Waals surface area contributed by atoms with Crippen LogP contribution in [-0.2, 0) is 33.4 Å². The SMILES string of the molecule is COC(=O)C[C@H](C(=O)O)C(C)C.COC(=O)N[C@H](C(=O)N1C[C@@H](C)C[C@H]1c1ncc(-c2ccc(-c3ccc(-c4ccc5nc([C@@H]6CC[C@H](C)N6C(=O)[C@@H](NC(=O)OC)C(C)C)[nH]c5c4)c4c3C3CCC4C3)cc2)[nH]1)C(C)C.C[C@@H]1CN[C@H](c2ncc(-c3ccc(-c4ccc(-c5ccc6nc([C@@H]7CC[C@H](C)N7)[nH]c6c5)c5c4C4CCC5C4)cc3)[nH]2)C1. The predicted molar refractivity (Wildman–Crippen MR) is 464 cm³/mol. The number of likely N-dealkylation sites (tertiary alicyclic amines) is 2. The van der Waals surface area contributed by atoms with E-state index in [0.29, 0.717) is 54.3 Å². The summed E-state index contributed by atoms with van der Waals surface area (Å²) in [4.78, 5) is 111. The van der Waals surface area contributed by atoms with Crippen molar-refractivity contribution >= 4 is 58.0 Å². The van der Waals surface area contributed by atoms with Crippen molar-refractivity contribution in [1.29, 1.82) is 0 Å². The number of imidazole rings is 4. The van der Waals surface area contributed by atoms with Crippen molar-refractivity contribution in [1.82, 2.24) is 70.9 Å². The molecule has 10 aromatic rings. The van der Waals surface area contributed by atoms with Gasteiger partial charge in [-0.05, 0) is 253 Å². The number of nitrogens with zero attached hydrogens (tertiary/aromatic N) is 6. The normalized spacial score (nSPS) is 23.9. The maximum absolute atomic E-state index is 14.0. The molecule has 4 aliphatic heterocycles. The number of esters is 1. The van der Waals surface area contributed by atoms with Gasteiger partial charge < -0.3 is 70.3 Å². The van der Waals surface area contributed by atoms with Gasteiger partial charge in [0, 0.05) is 18.6 Å². The minimum absolute atomic E-state index is 0.00141. The smallest absolute Gasteiger partial charge is 0.407 e. The third kappa shape index (κ3) is 16.5. The monoisotopic (exact) mass is 1620 g/mol. The molecule has 630 valence electrons. The molecule has 4 unspecified atom stereocenters. The summed E-state index contributed by atoms with van der Waals surface area (Å²) in [6.07, 6.45) is 15.9. The molecule has 120 heavy (non-hydrogen) atoms. The molecule has 18 rings (SSSR count). The van der Waals surface area contributed by atoms with Gasteiger partial charge in [0.1, 0.15) is 35.4 Å².